The molecular formula is C21H30N3O3Si. The van der Waals surface area contributed by atoms with Gasteiger partial charge in [-0.1, -0.05) is 33.4 Å². The van der Waals surface area contributed by atoms with Crippen LogP contribution in [0.5, 0.6) is 0 Å². The molecule has 2 rings (SSSR count). The van der Waals surface area contributed by atoms with Gasteiger partial charge in [0.2, 0.25) is 9.04 Å². The Kier molecular flexibility index (Phi) is 7.02. The van der Waals surface area contributed by atoms with Gasteiger partial charge in [-0.05, 0) is 48.5 Å². The van der Waals surface area contributed by atoms with E-state index in [1.54, 1.807) is 23.2 Å². The molecule has 1 saturated heterocycles. The Bertz CT molecular complexity index is 754. The number of hydrogen-bond acceptors (Lipinski definition) is 5. The van der Waals surface area contributed by atoms with Crippen molar-refractivity contribution in [3.05, 3.63) is 42.2 Å². The van der Waals surface area contributed by atoms with E-state index in [9.17, 15) is 10.1 Å². The van der Waals surface area contributed by atoms with Gasteiger partial charge in [-0.25, -0.2) is 9.78 Å². The van der Waals surface area contributed by atoms with Crippen molar-refractivity contribution < 1.29 is 14.0 Å². The zero-order chi connectivity index (χ0) is 20.9. The van der Waals surface area contributed by atoms with E-state index in [-0.39, 0.29) is 24.0 Å². The maximum absolute atomic E-state index is 12.9. The predicted octanol–water partition coefficient (Wildman–Crippen LogP) is 4.15. The van der Waals surface area contributed by atoms with Gasteiger partial charge in [0.05, 0.1) is 0 Å². The number of pyridine rings is 1. The Balaban J connectivity index is 2.45. The summed E-state index contributed by atoms with van der Waals surface area (Å²) in [7, 11) is -1.11. The Morgan fingerprint density at radius 3 is 2.82 bits per heavy atom. The van der Waals surface area contributed by atoms with Crippen molar-refractivity contribution in [2.45, 2.75) is 52.4 Å². The molecule has 0 saturated carbocycles. The molecule has 0 N–H and O–H groups in total. The highest BCUT2D eigenvalue weighted by atomic mass is 28.3. The molecule has 1 aromatic heterocycles. The van der Waals surface area contributed by atoms with Gasteiger partial charge >= 0.3 is 6.09 Å². The predicted molar refractivity (Wildman–Crippen MR) is 110 cm³/mol. The van der Waals surface area contributed by atoms with Crippen LogP contribution < -0.4 is 0 Å². The van der Waals surface area contributed by atoms with Gasteiger partial charge in [-0.3, -0.25) is 4.90 Å². The van der Waals surface area contributed by atoms with E-state index in [1.165, 1.54) is 0 Å². The largest absolute Gasteiger partial charge is 0.445 e. The van der Waals surface area contributed by atoms with Crippen molar-refractivity contribution in [1.29, 1.82) is 5.26 Å². The fraction of sp³-hybridized carbons (Fsp3) is 0.571. The molecule has 1 aromatic rings. The molecule has 0 aromatic carbocycles. The number of rotatable bonds is 6. The second kappa shape index (κ2) is 8.89. The molecule has 2 heterocycles. The van der Waals surface area contributed by atoms with Crippen molar-refractivity contribution in [2.24, 2.45) is 11.3 Å². The number of amides is 1. The number of ether oxygens (including phenoxy) is 1. The molecule has 1 fully saturated rings. The van der Waals surface area contributed by atoms with Crippen LogP contribution in [0.3, 0.4) is 0 Å². The SMILES string of the molecule is C=CCOC(=O)N1C[C@@H](C(C)(C)C)C[C@]1(Cc1ccnc(C#N)c1)O[Si](C)C. The monoisotopic (exact) mass is 400 g/mol. The summed E-state index contributed by atoms with van der Waals surface area (Å²) in [5.41, 5.74) is 0.511. The molecule has 0 unspecified atom stereocenters. The maximum Gasteiger partial charge on any atom is 0.412 e. The van der Waals surface area contributed by atoms with Crippen molar-refractivity contribution in [3.63, 3.8) is 0 Å². The first-order chi connectivity index (χ1) is 13.1. The number of likely N-dealkylation sites (tertiary alicyclic amines) is 1. The molecule has 0 aliphatic carbocycles. The lowest BCUT2D eigenvalue weighted by Gasteiger charge is -2.39. The molecule has 28 heavy (non-hydrogen) atoms. The highest BCUT2D eigenvalue weighted by Gasteiger charge is 2.52. The summed E-state index contributed by atoms with van der Waals surface area (Å²) in [6, 6.07) is 5.72. The summed E-state index contributed by atoms with van der Waals surface area (Å²) in [5, 5.41) is 9.19. The zero-order valence-electron chi connectivity index (χ0n) is 17.5. The molecule has 0 spiro atoms. The number of nitrogens with zero attached hydrogens (tertiary/aromatic N) is 3. The Morgan fingerprint density at radius 2 is 2.25 bits per heavy atom. The van der Waals surface area contributed by atoms with E-state index < -0.39 is 14.8 Å². The second-order valence-electron chi connectivity index (χ2n) is 8.54. The molecule has 7 heteroatoms. The average Bonchev–Trinajstić information content (AvgIpc) is 2.98. The number of carbonyl (C=O) groups is 1. The molecule has 1 radical (unpaired) electrons. The molecule has 151 valence electrons. The summed E-state index contributed by atoms with van der Waals surface area (Å²) >= 11 is 0. The minimum atomic E-state index is -1.11. The van der Waals surface area contributed by atoms with Gasteiger partial charge in [0, 0.05) is 19.2 Å². The van der Waals surface area contributed by atoms with Crippen LogP contribution in [0.25, 0.3) is 0 Å². The van der Waals surface area contributed by atoms with Crippen molar-refractivity contribution in [3.8, 4) is 6.07 Å². The van der Waals surface area contributed by atoms with Gasteiger partial charge in [0.15, 0.2) is 0 Å². The van der Waals surface area contributed by atoms with Crippen LogP contribution in [-0.2, 0) is 15.6 Å². The van der Waals surface area contributed by atoms with Crippen molar-refractivity contribution in [2.75, 3.05) is 13.2 Å². The van der Waals surface area contributed by atoms with Crippen molar-refractivity contribution >= 4 is 15.1 Å². The topological polar surface area (TPSA) is 75.5 Å². The van der Waals surface area contributed by atoms with Gasteiger partial charge in [0.25, 0.3) is 0 Å². The van der Waals surface area contributed by atoms with E-state index in [1.807, 2.05) is 6.07 Å². The standard InChI is InChI=1S/C21H30N3O3Si/c1-7-10-26-19(25)24-15-17(20(2,3)4)13-21(24,27-28(5)6)12-16-8-9-23-18(11-16)14-22/h7-9,11,17H,1,10,12-13,15H2,2-6H3/t17-,21-/m0/s1. The van der Waals surface area contributed by atoms with Crippen LogP contribution in [0.15, 0.2) is 31.0 Å². The van der Waals surface area contributed by atoms with Crippen LogP contribution in [0.4, 0.5) is 4.79 Å². The number of hydrogen-bond donors (Lipinski definition) is 0. The summed E-state index contributed by atoms with van der Waals surface area (Å²) in [6.45, 7) is 15.1. The second-order valence-corrected chi connectivity index (χ2v) is 10.6. The minimum absolute atomic E-state index is 0.0204. The smallest absolute Gasteiger partial charge is 0.412 e. The average molecular weight is 401 g/mol. The van der Waals surface area contributed by atoms with E-state index >= 15 is 0 Å². The lowest BCUT2D eigenvalue weighted by Crippen LogP contribution is -2.53. The summed E-state index contributed by atoms with van der Waals surface area (Å²) in [4.78, 5) is 18.7. The molecular weight excluding hydrogens is 370 g/mol. The van der Waals surface area contributed by atoms with Crippen molar-refractivity contribution in [1.82, 2.24) is 9.88 Å². The van der Waals surface area contributed by atoms with Crippen LogP contribution in [0, 0.1) is 22.7 Å². The molecule has 1 aliphatic heterocycles. The van der Waals surface area contributed by atoms with E-state index in [0.29, 0.717) is 18.7 Å². The molecule has 0 bridgehead atoms. The highest BCUT2D eigenvalue weighted by molar-refractivity contribution is 6.48. The lowest BCUT2D eigenvalue weighted by molar-refractivity contribution is -0.0508. The fourth-order valence-electron chi connectivity index (χ4n) is 3.62. The third-order valence-electron chi connectivity index (χ3n) is 5.04. The number of nitriles is 1. The normalized spacial score (nSPS) is 22.2. The number of carbonyl (C=O) groups excluding carboxylic acids is 1. The molecule has 6 nitrogen and oxygen atoms in total. The maximum atomic E-state index is 12.9. The molecule has 1 amide bonds. The van der Waals surface area contributed by atoms with Gasteiger partial charge < -0.3 is 9.16 Å². The quantitative estimate of drug-likeness (QED) is 0.530. The van der Waals surface area contributed by atoms with E-state index in [4.69, 9.17) is 9.16 Å². The van der Waals surface area contributed by atoms with E-state index in [0.717, 1.165) is 12.0 Å². The van der Waals surface area contributed by atoms with Crippen LogP contribution in [-0.4, -0.2) is 43.9 Å². The first kappa shape index (κ1) is 22.1. The summed E-state index contributed by atoms with van der Waals surface area (Å²) in [6.07, 6.45) is 4.02. The first-order valence-corrected chi connectivity index (χ1v) is 11.9. The van der Waals surface area contributed by atoms with Gasteiger partial charge in [-0.15, -0.1) is 0 Å². The number of aromatic nitrogens is 1. The lowest BCUT2D eigenvalue weighted by atomic mass is 9.78. The minimum Gasteiger partial charge on any atom is -0.445 e. The first-order valence-electron chi connectivity index (χ1n) is 9.51. The van der Waals surface area contributed by atoms with E-state index in [2.05, 4.69) is 51.5 Å². The van der Waals surface area contributed by atoms with Gasteiger partial charge in [-0.2, -0.15) is 5.26 Å². The van der Waals surface area contributed by atoms with Crippen LogP contribution in [0.2, 0.25) is 13.1 Å². The zero-order valence-corrected chi connectivity index (χ0v) is 18.5. The van der Waals surface area contributed by atoms with Gasteiger partial charge in [0.1, 0.15) is 24.1 Å². The Morgan fingerprint density at radius 1 is 1.54 bits per heavy atom. The molecule has 1 aliphatic rings. The molecule has 2 atom stereocenters. The summed E-state index contributed by atoms with van der Waals surface area (Å²) < 4.78 is 11.9. The fourth-order valence-corrected chi connectivity index (χ4v) is 4.65. The highest BCUT2D eigenvalue weighted by Crippen LogP contribution is 2.45. The van der Waals surface area contributed by atoms with Crippen LogP contribution in [0.1, 0.15) is 38.4 Å². The summed E-state index contributed by atoms with van der Waals surface area (Å²) in [5.74, 6) is 0.266. The van der Waals surface area contributed by atoms with Crippen LogP contribution >= 0.6 is 0 Å². The third kappa shape index (κ3) is 5.21. The Hall–Kier alpha value is -2.17. The third-order valence-corrected chi connectivity index (χ3v) is 5.83. The Labute approximate surface area is 169 Å².